The summed E-state index contributed by atoms with van der Waals surface area (Å²) in [5.74, 6) is 1.45. The van der Waals surface area contributed by atoms with Gasteiger partial charge in [0.25, 0.3) is 10.9 Å². The normalized spacial score (nSPS) is 17.2. The van der Waals surface area contributed by atoms with E-state index in [4.69, 9.17) is 16.0 Å². The largest absolute Gasteiger partial charge is 0.464 e. The van der Waals surface area contributed by atoms with Gasteiger partial charge >= 0.3 is 0 Å². The molecule has 1 aliphatic heterocycles. The molecular formula is C22H24ClN3O4. The van der Waals surface area contributed by atoms with E-state index in [9.17, 15) is 14.7 Å². The number of rotatable bonds is 5. The molecule has 0 amide bonds. The maximum absolute atomic E-state index is 12.4. The van der Waals surface area contributed by atoms with Crippen LogP contribution in [-0.2, 0) is 6.54 Å². The number of hydrogen-bond donors (Lipinski definition) is 4. The highest BCUT2D eigenvalue weighted by molar-refractivity contribution is 6.31. The first kappa shape index (κ1) is 20.7. The summed E-state index contributed by atoms with van der Waals surface area (Å²) in [6.07, 6.45) is -0.879. The van der Waals surface area contributed by atoms with Crippen LogP contribution in [-0.4, -0.2) is 5.11 Å². The molecule has 7 nitrogen and oxygen atoms in total. The van der Waals surface area contributed by atoms with Gasteiger partial charge in [-0.15, -0.1) is 0 Å². The average Bonchev–Trinajstić information content (AvgIpc) is 3.25. The van der Waals surface area contributed by atoms with Gasteiger partial charge in [-0.3, -0.25) is 14.9 Å². The third-order valence-corrected chi connectivity index (χ3v) is 5.58. The van der Waals surface area contributed by atoms with Crippen molar-refractivity contribution in [2.45, 2.75) is 46.5 Å². The summed E-state index contributed by atoms with van der Waals surface area (Å²) in [4.78, 5) is 24.8. The fourth-order valence-electron chi connectivity index (χ4n) is 3.81. The highest BCUT2D eigenvalue weighted by Crippen LogP contribution is 2.39. The lowest BCUT2D eigenvalue weighted by atomic mass is 9.85. The lowest BCUT2D eigenvalue weighted by Crippen LogP contribution is -2.39. The molecule has 1 aliphatic rings. The molecule has 2 heterocycles. The summed E-state index contributed by atoms with van der Waals surface area (Å²) < 4.78 is 5.79. The molecule has 4 N–H and O–H groups in total. The van der Waals surface area contributed by atoms with E-state index in [-0.39, 0.29) is 22.8 Å². The van der Waals surface area contributed by atoms with Crippen LogP contribution in [0.4, 0.5) is 17.1 Å². The van der Waals surface area contributed by atoms with Gasteiger partial charge in [0.05, 0.1) is 6.04 Å². The molecule has 0 spiro atoms. The molecule has 8 heteroatoms. The first-order valence-corrected chi connectivity index (χ1v) is 10.1. The van der Waals surface area contributed by atoms with Gasteiger partial charge in [-0.2, -0.15) is 0 Å². The maximum atomic E-state index is 12.4. The fraction of sp³-hybridized carbons (Fsp3) is 0.364. The van der Waals surface area contributed by atoms with Crippen molar-refractivity contribution in [3.05, 3.63) is 72.4 Å². The summed E-state index contributed by atoms with van der Waals surface area (Å²) in [5, 5.41) is 19.9. The van der Waals surface area contributed by atoms with Crippen molar-refractivity contribution in [1.82, 2.24) is 5.32 Å². The van der Waals surface area contributed by atoms with Crippen LogP contribution in [0.3, 0.4) is 0 Å². The van der Waals surface area contributed by atoms with Crippen molar-refractivity contribution < 1.29 is 9.52 Å². The second-order valence-corrected chi connectivity index (χ2v) is 9.17. The lowest BCUT2D eigenvalue weighted by molar-refractivity contribution is 0.152. The standard InChI is InChI=1S/C22H24ClN3O4/c1-10-5-6-14(30-10)20(22(2,3)4)26-17-16(18(27)19(17)28)25-13-8-12(23)7-11-9-24-21(29)15(11)13/h5-8,20-21,24-26,29H,9H2,1-4H3/t20-,21?/m0/s1. The number of furan rings is 1. The first-order valence-electron chi connectivity index (χ1n) is 9.73. The Morgan fingerprint density at radius 3 is 2.53 bits per heavy atom. The Balaban J connectivity index is 1.70. The monoisotopic (exact) mass is 429 g/mol. The molecule has 1 unspecified atom stereocenters. The Morgan fingerprint density at radius 1 is 1.20 bits per heavy atom. The quantitative estimate of drug-likeness (QED) is 0.456. The molecule has 0 fully saturated rings. The van der Waals surface area contributed by atoms with Gasteiger partial charge in [-0.1, -0.05) is 32.4 Å². The smallest absolute Gasteiger partial charge is 0.253 e. The van der Waals surface area contributed by atoms with E-state index in [0.29, 0.717) is 28.6 Å². The van der Waals surface area contributed by atoms with E-state index in [1.54, 1.807) is 12.1 Å². The zero-order valence-corrected chi connectivity index (χ0v) is 18.0. The summed E-state index contributed by atoms with van der Waals surface area (Å²) in [6, 6.07) is 6.80. The molecule has 2 aromatic carbocycles. The lowest BCUT2D eigenvalue weighted by Gasteiger charge is -2.31. The molecule has 30 heavy (non-hydrogen) atoms. The predicted molar refractivity (Wildman–Crippen MR) is 117 cm³/mol. The Morgan fingerprint density at radius 2 is 1.90 bits per heavy atom. The van der Waals surface area contributed by atoms with E-state index in [2.05, 4.69) is 16.0 Å². The van der Waals surface area contributed by atoms with Gasteiger partial charge in [-0.25, -0.2) is 0 Å². The van der Waals surface area contributed by atoms with Crippen molar-refractivity contribution >= 4 is 28.7 Å². The van der Waals surface area contributed by atoms with Crippen LogP contribution in [0.1, 0.15) is 55.7 Å². The second-order valence-electron chi connectivity index (χ2n) is 8.73. The molecule has 158 valence electrons. The van der Waals surface area contributed by atoms with Gasteiger partial charge in [0.2, 0.25) is 0 Å². The van der Waals surface area contributed by atoms with E-state index in [1.165, 1.54) is 0 Å². The summed E-state index contributed by atoms with van der Waals surface area (Å²) in [6.45, 7) is 8.38. The summed E-state index contributed by atoms with van der Waals surface area (Å²) in [7, 11) is 0. The molecule has 0 bridgehead atoms. The van der Waals surface area contributed by atoms with Crippen LogP contribution in [0.2, 0.25) is 5.02 Å². The highest BCUT2D eigenvalue weighted by atomic mass is 35.5. The molecule has 2 atom stereocenters. The second kappa shape index (κ2) is 7.27. The summed E-state index contributed by atoms with van der Waals surface area (Å²) >= 11 is 6.20. The van der Waals surface area contributed by atoms with Crippen LogP contribution in [0.15, 0.2) is 38.3 Å². The first-order chi connectivity index (χ1) is 14.1. The van der Waals surface area contributed by atoms with Crippen molar-refractivity contribution in [2.75, 3.05) is 10.6 Å². The van der Waals surface area contributed by atoms with Crippen molar-refractivity contribution in [3.8, 4) is 0 Å². The number of aliphatic hydroxyl groups excluding tert-OH is 1. The van der Waals surface area contributed by atoms with Crippen LogP contribution in [0.25, 0.3) is 0 Å². The molecule has 0 saturated carbocycles. The molecule has 3 aromatic rings. The Hall–Kier alpha value is -2.61. The summed E-state index contributed by atoms with van der Waals surface area (Å²) in [5.41, 5.74) is 0.799. The number of nitrogens with one attached hydrogen (secondary N) is 3. The zero-order chi connectivity index (χ0) is 21.8. The van der Waals surface area contributed by atoms with Crippen LogP contribution >= 0.6 is 11.6 Å². The third-order valence-electron chi connectivity index (χ3n) is 5.36. The number of halogens is 1. The Bertz CT molecular complexity index is 1180. The van der Waals surface area contributed by atoms with Gasteiger partial charge in [0.15, 0.2) is 0 Å². The predicted octanol–water partition coefficient (Wildman–Crippen LogP) is 3.87. The minimum absolute atomic E-state index is 0.154. The third kappa shape index (κ3) is 3.53. The molecule has 0 saturated heterocycles. The van der Waals surface area contributed by atoms with Crippen LogP contribution < -0.4 is 26.8 Å². The molecular weight excluding hydrogens is 406 g/mol. The minimum Gasteiger partial charge on any atom is -0.464 e. The van der Waals surface area contributed by atoms with Crippen LogP contribution in [0.5, 0.6) is 0 Å². The SMILES string of the molecule is Cc1ccc([C@H](Nc2c(Nc3cc(Cl)cc4c3C(O)NC4)c(=O)c2=O)C(C)(C)C)o1. The average molecular weight is 430 g/mol. The van der Waals surface area contributed by atoms with Crippen molar-refractivity contribution in [2.24, 2.45) is 5.41 Å². The zero-order valence-electron chi connectivity index (χ0n) is 17.2. The highest BCUT2D eigenvalue weighted by Gasteiger charge is 2.33. The molecule has 4 rings (SSSR count). The fourth-order valence-corrected chi connectivity index (χ4v) is 4.05. The van der Waals surface area contributed by atoms with Crippen LogP contribution in [0, 0.1) is 12.3 Å². The Labute approximate surface area is 178 Å². The maximum Gasteiger partial charge on any atom is 0.253 e. The molecule has 0 aliphatic carbocycles. The van der Waals surface area contributed by atoms with Gasteiger partial charge in [0, 0.05) is 22.8 Å². The number of aryl methyl sites for hydroxylation is 1. The Kier molecular flexibility index (Phi) is 5.00. The number of fused-ring (bicyclic) bond motifs is 1. The van der Waals surface area contributed by atoms with E-state index < -0.39 is 17.1 Å². The van der Waals surface area contributed by atoms with Gasteiger partial charge < -0.3 is 20.2 Å². The van der Waals surface area contributed by atoms with Crippen molar-refractivity contribution in [3.63, 3.8) is 0 Å². The van der Waals surface area contributed by atoms with E-state index in [1.807, 2.05) is 39.8 Å². The van der Waals surface area contributed by atoms with E-state index >= 15 is 0 Å². The topological polar surface area (TPSA) is 104 Å². The van der Waals surface area contributed by atoms with Crippen molar-refractivity contribution in [1.29, 1.82) is 0 Å². The minimum atomic E-state index is -0.879. The van der Waals surface area contributed by atoms with Gasteiger partial charge in [0.1, 0.15) is 29.1 Å². The number of aliphatic hydroxyl groups is 1. The number of hydrogen-bond acceptors (Lipinski definition) is 7. The van der Waals surface area contributed by atoms with Gasteiger partial charge in [-0.05, 0) is 42.2 Å². The number of anilines is 3. The molecule has 0 radical (unpaired) electrons. The molecule has 1 aromatic heterocycles. The number of benzene rings is 1. The van der Waals surface area contributed by atoms with E-state index in [0.717, 1.165) is 11.3 Å².